The van der Waals surface area contributed by atoms with Crippen LogP contribution in [0.5, 0.6) is 11.6 Å². The molecular formula is C31H35F4N5O6. The molecule has 46 heavy (non-hydrogen) atoms. The number of fused-ring (bicyclic) bond motifs is 1. The molecule has 0 saturated heterocycles. The van der Waals surface area contributed by atoms with Crippen LogP contribution in [0, 0.1) is 0 Å². The molecule has 0 saturated carbocycles. The number of halogens is 4. The second kappa shape index (κ2) is 13.7. The Morgan fingerprint density at radius 1 is 1.09 bits per heavy atom. The number of aromatic nitrogens is 3. The Labute approximate surface area is 263 Å². The van der Waals surface area contributed by atoms with Gasteiger partial charge in [-0.05, 0) is 62.9 Å². The van der Waals surface area contributed by atoms with Crippen molar-refractivity contribution in [2.24, 2.45) is 0 Å². The minimum Gasteiger partial charge on any atom is -0.481 e. The summed E-state index contributed by atoms with van der Waals surface area (Å²) in [6.45, 7) is 5.07. The molecule has 0 aliphatic carbocycles. The summed E-state index contributed by atoms with van der Waals surface area (Å²) in [4.78, 5) is 41.2. The SMILES string of the molecule is CCOC(=O)N1c2ccc(OC)nc2C(N(Cc2cc(CF)cc(C(F)(F)F)c2)c2ncc(OC(C)(C)C(=O)O)cn2)CC1CC. The van der Waals surface area contributed by atoms with Crippen LogP contribution in [-0.2, 0) is 28.9 Å². The van der Waals surface area contributed by atoms with Crippen molar-refractivity contribution in [3.63, 3.8) is 0 Å². The van der Waals surface area contributed by atoms with E-state index in [0.717, 1.165) is 12.1 Å². The third kappa shape index (κ3) is 7.40. The highest BCUT2D eigenvalue weighted by molar-refractivity contribution is 5.90. The van der Waals surface area contributed by atoms with E-state index < -0.39 is 48.2 Å². The van der Waals surface area contributed by atoms with Crippen molar-refractivity contribution < 1.29 is 46.5 Å². The van der Waals surface area contributed by atoms with Gasteiger partial charge in [0.25, 0.3) is 0 Å². The van der Waals surface area contributed by atoms with E-state index in [9.17, 15) is 32.3 Å². The average Bonchev–Trinajstić information content (AvgIpc) is 3.02. The van der Waals surface area contributed by atoms with Gasteiger partial charge in [-0.15, -0.1) is 0 Å². The Bertz CT molecular complexity index is 1550. The molecule has 4 rings (SSSR count). The zero-order valence-electron chi connectivity index (χ0n) is 26.0. The highest BCUT2D eigenvalue weighted by Gasteiger charge is 2.41. The minimum absolute atomic E-state index is 0.0404. The van der Waals surface area contributed by atoms with E-state index in [0.29, 0.717) is 17.8 Å². The smallest absolute Gasteiger partial charge is 0.416 e. The van der Waals surface area contributed by atoms with Crippen LogP contribution in [0.25, 0.3) is 0 Å². The lowest BCUT2D eigenvalue weighted by atomic mass is 9.92. The summed E-state index contributed by atoms with van der Waals surface area (Å²) in [7, 11) is 1.42. The summed E-state index contributed by atoms with van der Waals surface area (Å²) in [6, 6.07) is 5.12. The van der Waals surface area contributed by atoms with Crippen LogP contribution >= 0.6 is 0 Å². The first-order valence-corrected chi connectivity index (χ1v) is 14.5. The molecule has 248 valence electrons. The van der Waals surface area contributed by atoms with Gasteiger partial charge in [-0.2, -0.15) is 13.2 Å². The second-order valence-corrected chi connectivity index (χ2v) is 11.1. The monoisotopic (exact) mass is 649 g/mol. The fourth-order valence-corrected chi connectivity index (χ4v) is 5.21. The fourth-order valence-electron chi connectivity index (χ4n) is 5.21. The molecule has 0 fully saturated rings. The molecule has 11 nitrogen and oxygen atoms in total. The Balaban J connectivity index is 1.88. The number of carboxylic acids is 1. The fraction of sp³-hybridized carbons (Fsp3) is 0.452. The first-order valence-electron chi connectivity index (χ1n) is 14.5. The van der Waals surface area contributed by atoms with Gasteiger partial charge < -0.3 is 24.2 Å². The molecule has 3 heterocycles. The summed E-state index contributed by atoms with van der Waals surface area (Å²) in [5.41, 5.74) is -1.88. The van der Waals surface area contributed by atoms with Crippen molar-refractivity contribution in [1.29, 1.82) is 0 Å². The lowest BCUT2D eigenvalue weighted by Gasteiger charge is -2.43. The Kier molecular flexibility index (Phi) is 10.2. The number of benzene rings is 1. The first-order chi connectivity index (χ1) is 21.7. The molecule has 2 unspecified atom stereocenters. The molecule has 1 aliphatic rings. The lowest BCUT2D eigenvalue weighted by molar-refractivity contribution is -0.152. The van der Waals surface area contributed by atoms with Crippen LogP contribution in [0.4, 0.5) is 34.0 Å². The van der Waals surface area contributed by atoms with Crippen LogP contribution in [0.3, 0.4) is 0 Å². The Morgan fingerprint density at radius 2 is 1.76 bits per heavy atom. The highest BCUT2D eigenvalue weighted by Crippen LogP contribution is 2.43. The van der Waals surface area contributed by atoms with Crippen molar-refractivity contribution >= 4 is 23.7 Å². The Morgan fingerprint density at radius 3 is 2.33 bits per heavy atom. The van der Waals surface area contributed by atoms with Gasteiger partial charge in [0.1, 0.15) is 6.67 Å². The van der Waals surface area contributed by atoms with Gasteiger partial charge in [-0.3, -0.25) is 4.90 Å². The molecule has 1 N–H and O–H groups in total. The van der Waals surface area contributed by atoms with Crippen molar-refractivity contribution in [3.05, 3.63) is 65.1 Å². The molecule has 3 aromatic rings. The summed E-state index contributed by atoms with van der Waals surface area (Å²) in [5, 5.41) is 9.45. The number of amides is 1. The van der Waals surface area contributed by atoms with Crippen molar-refractivity contribution in [3.8, 4) is 11.6 Å². The molecular weight excluding hydrogens is 614 g/mol. The number of nitrogens with zero attached hydrogens (tertiary/aromatic N) is 5. The predicted molar refractivity (Wildman–Crippen MR) is 159 cm³/mol. The second-order valence-electron chi connectivity index (χ2n) is 11.1. The quantitative estimate of drug-likeness (QED) is 0.230. The number of ether oxygens (including phenoxy) is 3. The average molecular weight is 650 g/mol. The molecule has 2 aromatic heterocycles. The third-order valence-electron chi connectivity index (χ3n) is 7.48. The van der Waals surface area contributed by atoms with Crippen LogP contribution in [0.2, 0.25) is 0 Å². The molecule has 1 aromatic carbocycles. The maximum absolute atomic E-state index is 13.8. The van der Waals surface area contributed by atoms with E-state index in [2.05, 4.69) is 15.0 Å². The molecule has 0 bridgehead atoms. The predicted octanol–water partition coefficient (Wildman–Crippen LogP) is 6.50. The highest BCUT2D eigenvalue weighted by atomic mass is 19.4. The van der Waals surface area contributed by atoms with Gasteiger partial charge in [0, 0.05) is 18.7 Å². The summed E-state index contributed by atoms with van der Waals surface area (Å²) < 4.78 is 71.4. The number of alkyl halides is 4. The number of methoxy groups -OCH3 is 1. The summed E-state index contributed by atoms with van der Waals surface area (Å²) >= 11 is 0. The van der Waals surface area contributed by atoms with E-state index in [-0.39, 0.29) is 48.3 Å². The van der Waals surface area contributed by atoms with E-state index >= 15 is 0 Å². The van der Waals surface area contributed by atoms with E-state index in [1.54, 1.807) is 24.0 Å². The number of hydrogen-bond donors (Lipinski definition) is 1. The molecule has 2 atom stereocenters. The maximum atomic E-state index is 13.8. The van der Waals surface area contributed by atoms with Crippen LogP contribution in [-0.4, -0.2) is 57.5 Å². The number of rotatable bonds is 11. The number of carbonyl (C=O) groups is 2. The topological polar surface area (TPSA) is 127 Å². The molecule has 1 amide bonds. The molecule has 0 radical (unpaired) electrons. The standard InChI is InChI=1S/C31H35F4N5O6/c1-6-21-13-24(26-23(8-9-25(38-26)44-5)40(21)29(43)45-7-2)39(17-19-10-18(14-32)11-20(12-19)31(33,34)35)28-36-15-22(16-37-28)46-30(3,4)27(41)42/h8-12,15-16,21,24H,6-7,13-14,17H2,1-5H3,(H,41,42). The third-order valence-corrected chi connectivity index (χ3v) is 7.48. The van der Waals surface area contributed by atoms with Crippen LogP contribution in [0.1, 0.15) is 69.0 Å². The number of hydrogen-bond acceptors (Lipinski definition) is 9. The van der Waals surface area contributed by atoms with Crippen LogP contribution < -0.4 is 19.3 Å². The number of pyridine rings is 1. The van der Waals surface area contributed by atoms with Gasteiger partial charge in [-0.25, -0.2) is 28.9 Å². The first kappa shape index (κ1) is 34.2. The number of aliphatic carboxylic acids is 1. The van der Waals surface area contributed by atoms with E-state index in [4.69, 9.17) is 14.2 Å². The number of anilines is 2. The zero-order chi connectivity index (χ0) is 33.8. The van der Waals surface area contributed by atoms with Gasteiger partial charge in [0.05, 0.1) is 49.1 Å². The van der Waals surface area contributed by atoms with E-state index in [1.807, 2.05) is 6.92 Å². The van der Waals surface area contributed by atoms with E-state index in [1.165, 1.54) is 44.3 Å². The molecule has 1 aliphatic heterocycles. The van der Waals surface area contributed by atoms with Gasteiger partial charge in [-0.1, -0.05) is 13.0 Å². The van der Waals surface area contributed by atoms with Crippen molar-refractivity contribution in [2.45, 2.75) is 77.6 Å². The summed E-state index contributed by atoms with van der Waals surface area (Å²) in [5.74, 6) is -0.915. The maximum Gasteiger partial charge on any atom is 0.416 e. The van der Waals surface area contributed by atoms with Gasteiger partial charge >= 0.3 is 18.2 Å². The van der Waals surface area contributed by atoms with Crippen molar-refractivity contribution in [2.75, 3.05) is 23.5 Å². The lowest BCUT2D eigenvalue weighted by Crippen LogP contribution is -2.48. The minimum atomic E-state index is -4.73. The van der Waals surface area contributed by atoms with Crippen LogP contribution in [0.15, 0.2) is 42.7 Å². The zero-order valence-corrected chi connectivity index (χ0v) is 26.0. The number of carboxylic acid groups (broad SMARTS) is 1. The number of carbonyl (C=O) groups excluding carboxylic acids is 1. The van der Waals surface area contributed by atoms with Crippen molar-refractivity contribution in [1.82, 2.24) is 15.0 Å². The normalized spacial score (nSPS) is 16.4. The van der Waals surface area contributed by atoms with Gasteiger partial charge in [0.15, 0.2) is 11.4 Å². The largest absolute Gasteiger partial charge is 0.481 e. The summed E-state index contributed by atoms with van der Waals surface area (Å²) in [6.07, 6.45) is -2.07. The Hall–Kier alpha value is -4.69. The van der Waals surface area contributed by atoms with Gasteiger partial charge in [0.2, 0.25) is 11.8 Å². The molecule has 15 heteroatoms. The molecule has 0 spiro atoms.